The van der Waals surface area contributed by atoms with Crippen LogP contribution in [0.5, 0.6) is 0 Å². The molecule has 4 rings (SSSR count). The van der Waals surface area contributed by atoms with Crippen molar-refractivity contribution in [1.82, 2.24) is 0 Å². The summed E-state index contributed by atoms with van der Waals surface area (Å²) in [6.07, 6.45) is -0.615. The number of carbonyl (C=O) groups is 1. The van der Waals surface area contributed by atoms with Crippen LogP contribution in [0.3, 0.4) is 0 Å². The average molecular weight is 439 g/mol. The predicted molar refractivity (Wildman–Crippen MR) is 114 cm³/mol. The molecule has 0 aromatic heterocycles. The van der Waals surface area contributed by atoms with Crippen molar-refractivity contribution < 1.29 is 22.4 Å². The molecule has 0 aliphatic carbocycles. The standard InChI is InChI=1S/C22H18FN3O4S/c23-16-5-3-4-15(12-16)19-13-20(30-26-19)22(27)25-17-10-8-14(9-11-17)18-6-1-2-7-21(18)31(24,28)29/h1-12,20H,13H2,(H,25,27)(H2,24,28,29). The highest BCUT2D eigenvalue weighted by Gasteiger charge is 2.29. The normalized spacial score (nSPS) is 15.8. The van der Waals surface area contributed by atoms with E-state index in [9.17, 15) is 17.6 Å². The number of anilines is 1. The van der Waals surface area contributed by atoms with Gasteiger partial charge in [0.2, 0.25) is 16.1 Å². The number of nitrogens with zero attached hydrogens (tertiary/aromatic N) is 1. The van der Waals surface area contributed by atoms with Gasteiger partial charge in [-0.25, -0.2) is 17.9 Å². The molecule has 1 unspecified atom stereocenters. The summed E-state index contributed by atoms with van der Waals surface area (Å²) in [5.41, 5.74) is 2.67. The first-order valence-electron chi connectivity index (χ1n) is 9.33. The maximum Gasteiger partial charge on any atom is 0.268 e. The molecule has 0 saturated carbocycles. The lowest BCUT2D eigenvalue weighted by Crippen LogP contribution is -2.28. The molecule has 1 aliphatic heterocycles. The minimum atomic E-state index is -3.88. The monoisotopic (exact) mass is 439 g/mol. The highest BCUT2D eigenvalue weighted by molar-refractivity contribution is 7.89. The van der Waals surface area contributed by atoms with E-state index in [1.54, 1.807) is 54.6 Å². The molecule has 0 radical (unpaired) electrons. The van der Waals surface area contributed by atoms with Crippen molar-refractivity contribution in [2.24, 2.45) is 10.3 Å². The van der Waals surface area contributed by atoms with E-state index in [0.717, 1.165) is 0 Å². The Balaban J connectivity index is 1.44. The molecule has 1 amide bonds. The second-order valence-electron chi connectivity index (χ2n) is 6.95. The summed E-state index contributed by atoms with van der Waals surface area (Å²) in [6.45, 7) is 0. The molecule has 158 valence electrons. The van der Waals surface area contributed by atoms with Crippen molar-refractivity contribution in [1.29, 1.82) is 0 Å². The van der Waals surface area contributed by atoms with Crippen LogP contribution in [0.4, 0.5) is 10.1 Å². The molecule has 1 aliphatic rings. The molecular weight excluding hydrogens is 421 g/mol. The average Bonchev–Trinajstić information content (AvgIpc) is 3.24. The van der Waals surface area contributed by atoms with Crippen LogP contribution in [0.2, 0.25) is 0 Å². The molecule has 0 fully saturated rings. The Labute approximate surface area is 178 Å². The van der Waals surface area contributed by atoms with E-state index in [4.69, 9.17) is 9.98 Å². The third kappa shape index (κ3) is 4.62. The van der Waals surface area contributed by atoms with Gasteiger partial charge >= 0.3 is 0 Å². The smallest absolute Gasteiger partial charge is 0.268 e. The van der Waals surface area contributed by atoms with E-state index in [-0.39, 0.29) is 11.3 Å². The molecule has 9 heteroatoms. The van der Waals surface area contributed by atoms with Crippen molar-refractivity contribution in [3.63, 3.8) is 0 Å². The van der Waals surface area contributed by atoms with Crippen molar-refractivity contribution in [2.75, 3.05) is 5.32 Å². The molecule has 3 N–H and O–H groups in total. The Hall–Kier alpha value is -3.56. The molecule has 1 heterocycles. The van der Waals surface area contributed by atoms with E-state index in [1.807, 2.05) is 0 Å². The first-order valence-corrected chi connectivity index (χ1v) is 10.9. The van der Waals surface area contributed by atoms with Gasteiger partial charge in [-0.15, -0.1) is 0 Å². The molecule has 0 bridgehead atoms. The van der Waals surface area contributed by atoms with Crippen LogP contribution in [0.15, 0.2) is 82.8 Å². The molecule has 3 aromatic rings. The molecular formula is C22H18FN3O4S. The summed E-state index contributed by atoms with van der Waals surface area (Å²) in [6, 6.07) is 19.0. The highest BCUT2D eigenvalue weighted by atomic mass is 32.2. The fourth-order valence-electron chi connectivity index (χ4n) is 3.27. The summed E-state index contributed by atoms with van der Waals surface area (Å²) in [7, 11) is -3.88. The van der Waals surface area contributed by atoms with Gasteiger partial charge in [0.1, 0.15) is 5.82 Å². The van der Waals surface area contributed by atoms with Crippen molar-refractivity contribution in [2.45, 2.75) is 17.4 Å². The van der Waals surface area contributed by atoms with Gasteiger partial charge in [0.25, 0.3) is 5.91 Å². The third-order valence-electron chi connectivity index (χ3n) is 4.78. The van der Waals surface area contributed by atoms with Gasteiger partial charge in [-0.2, -0.15) is 0 Å². The second-order valence-corrected chi connectivity index (χ2v) is 8.48. The lowest BCUT2D eigenvalue weighted by atomic mass is 10.0. The van der Waals surface area contributed by atoms with Gasteiger partial charge in [0.15, 0.2) is 0 Å². The summed E-state index contributed by atoms with van der Waals surface area (Å²) in [5.74, 6) is -0.787. The van der Waals surface area contributed by atoms with E-state index in [2.05, 4.69) is 10.5 Å². The highest BCUT2D eigenvalue weighted by Crippen LogP contribution is 2.28. The predicted octanol–water partition coefficient (Wildman–Crippen LogP) is 3.27. The van der Waals surface area contributed by atoms with Crippen LogP contribution >= 0.6 is 0 Å². The van der Waals surface area contributed by atoms with E-state index in [0.29, 0.717) is 28.1 Å². The maximum absolute atomic E-state index is 13.4. The number of nitrogens with two attached hydrogens (primary N) is 1. The molecule has 1 atom stereocenters. The number of hydrogen-bond donors (Lipinski definition) is 2. The largest absolute Gasteiger partial charge is 0.382 e. The minimum Gasteiger partial charge on any atom is -0.382 e. The summed E-state index contributed by atoms with van der Waals surface area (Å²) in [4.78, 5) is 17.8. The van der Waals surface area contributed by atoms with E-state index < -0.39 is 27.9 Å². The van der Waals surface area contributed by atoms with Gasteiger partial charge < -0.3 is 10.2 Å². The third-order valence-corrected chi connectivity index (χ3v) is 5.75. The molecule has 0 saturated heterocycles. The minimum absolute atomic E-state index is 0.0215. The van der Waals surface area contributed by atoms with E-state index >= 15 is 0 Å². The molecule has 3 aromatic carbocycles. The number of rotatable bonds is 5. The van der Waals surface area contributed by atoms with Crippen molar-refractivity contribution in [3.05, 3.63) is 84.2 Å². The second kappa shape index (κ2) is 8.29. The fourth-order valence-corrected chi connectivity index (χ4v) is 4.03. The maximum atomic E-state index is 13.4. The topological polar surface area (TPSA) is 111 Å². The van der Waals surface area contributed by atoms with Gasteiger partial charge in [0, 0.05) is 23.2 Å². The Bertz CT molecular complexity index is 1270. The van der Waals surface area contributed by atoms with Gasteiger partial charge in [-0.3, -0.25) is 4.79 Å². The SMILES string of the molecule is NS(=O)(=O)c1ccccc1-c1ccc(NC(=O)C2CC(c3cccc(F)c3)=NO2)cc1. The van der Waals surface area contributed by atoms with Crippen LogP contribution in [0, 0.1) is 5.82 Å². The Morgan fingerprint density at radius 1 is 1.03 bits per heavy atom. The number of carbonyl (C=O) groups excluding carboxylic acids is 1. The number of halogens is 1. The Morgan fingerprint density at radius 2 is 1.77 bits per heavy atom. The number of sulfonamides is 1. The van der Waals surface area contributed by atoms with Gasteiger partial charge in [0.05, 0.1) is 10.6 Å². The van der Waals surface area contributed by atoms with Crippen LogP contribution in [0.1, 0.15) is 12.0 Å². The molecule has 0 spiro atoms. The Kier molecular flexibility index (Phi) is 5.53. The zero-order chi connectivity index (χ0) is 22.0. The van der Waals surface area contributed by atoms with Crippen molar-refractivity contribution in [3.8, 4) is 11.1 Å². The Morgan fingerprint density at radius 3 is 2.48 bits per heavy atom. The first-order chi connectivity index (χ1) is 14.8. The number of benzene rings is 3. The number of amides is 1. The van der Waals surface area contributed by atoms with Gasteiger partial charge in [-0.1, -0.05) is 47.6 Å². The summed E-state index contributed by atoms with van der Waals surface area (Å²) in [5, 5.41) is 11.9. The molecule has 31 heavy (non-hydrogen) atoms. The summed E-state index contributed by atoms with van der Waals surface area (Å²) < 4.78 is 37.0. The number of oxime groups is 1. The van der Waals surface area contributed by atoms with E-state index in [1.165, 1.54) is 18.2 Å². The zero-order valence-electron chi connectivity index (χ0n) is 16.2. The van der Waals surface area contributed by atoms with Crippen LogP contribution in [0.25, 0.3) is 11.1 Å². The zero-order valence-corrected chi connectivity index (χ0v) is 17.0. The first kappa shape index (κ1) is 20.7. The lowest BCUT2D eigenvalue weighted by molar-refractivity contribution is -0.125. The van der Waals surface area contributed by atoms with Crippen LogP contribution in [-0.4, -0.2) is 26.1 Å². The van der Waals surface area contributed by atoms with Crippen molar-refractivity contribution >= 4 is 27.3 Å². The van der Waals surface area contributed by atoms with Crippen LogP contribution in [-0.2, 0) is 19.7 Å². The summed E-state index contributed by atoms with van der Waals surface area (Å²) >= 11 is 0. The van der Waals surface area contributed by atoms with Gasteiger partial charge in [-0.05, 0) is 35.9 Å². The number of hydrogen-bond acceptors (Lipinski definition) is 5. The number of nitrogens with one attached hydrogen (secondary N) is 1. The number of primary sulfonamides is 1. The lowest BCUT2D eigenvalue weighted by Gasteiger charge is -2.11. The van der Waals surface area contributed by atoms with Crippen LogP contribution < -0.4 is 10.5 Å². The quantitative estimate of drug-likeness (QED) is 0.636. The fraction of sp³-hybridized carbons (Fsp3) is 0.0909. The molecule has 7 nitrogen and oxygen atoms in total.